The molecule has 0 spiro atoms. The van der Waals surface area contributed by atoms with Crippen molar-refractivity contribution in [2.24, 2.45) is 10.8 Å². The molecule has 2 rings (SSSR count). The van der Waals surface area contributed by atoms with Crippen LogP contribution < -0.4 is 11.2 Å². The van der Waals surface area contributed by atoms with Crippen molar-refractivity contribution < 1.29 is 0 Å². The number of thiocarbonyl (C=S) groups is 1. The molecule has 0 aliphatic carbocycles. The SMILES string of the molecule is NC(=S)N/N=C(/c1cc(Br)cc(Br)c1)c1ccc(Br)c(Br)c1. The summed E-state index contributed by atoms with van der Waals surface area (Å²) >= 11 is 18.8. The molecule has 0 radical (unpaired) electrons. The highest BCUT2D eigenvalue weighted by Gasteiger charge is 2.11. The molecule has 3 N–H and O–H groups in total. The van der Waals surface area contributed by atoms with Crippen LogP contribution in [0.4, 0.5) is 0 Å². The minimum atomic E-state index is 0.114. The molecule has 2 aromatic carbocycles. The molecule has 2 aromatic rings. The summed E-state index contributed by atoms with van der Waals surface area (Å²) in [5.41, 5.74) is 10.7. The van der Waals surface area contributed by atoms with Crippen molar-refractivity contribution in [2.45, 2.75) is 0 Å². The maximum Gasteiger partial charge on any atom is 0.184 e. The van der Waals surface area contributed by atoms with Gasteiger partial charge in [-0.25, -0.2) is 0 Å². The molecule has 8 heteroatoms. The Balaban J connectivity index is 2.57. The van der Waals surface area contributed by atoms with E-state index in [1.165, 1.54) is 0 Å². The van der Waals surface area contributed by atoms with Crippen LogP contribution in [0.5, 0.6) is 0 Å². The minimum absolute atomic E-state index is 0.114. The Morgan fingerprint density at radius 2 is 1.55 bits per heavy atom. The Bertz CT molecular complexity index is 741. The van der Waals surface area contributed by atoms with Gasteiger partial charge in [-0.05, 0) is 74.4 Å². The summed E-state index contributed by atoms with van der Waals surface area (Å²) in [5, 5.41) is 4.45. The fourth-order valence-corrected chi connectivity index (χ4v) is 3.71. The number of nitrogens with zero attached hydrogens (tertiary/aromatic N) is 1. The van der Waals surface area contributed by atoms with Gasteiger partial charge in [0, 0.05) is 29.0 Å². The van der Waals surface area contributed by atoms with E-state index in [2.05, 4.69) is 74.2 Å². The summed E-state index contributed by atoms with van der Waals surface area (Å²) in [7, 11) is 0. The van der Waals surface area contributed by atoms with Crippen LogP contribution in [0, 0.1) is 0 Å². The Labute approximate surface area is 167 Å². The molecule has 0 heterocycles. The summed E-state index contributed by atoms with van der Waals surface area (Å²) in [6.07, 6.45) is 0. The molecule has 0 aliphatic rings. The number of benzene rings is 2. The number of nitrogens with one attached hydrogen (secondary N) is 1. The zero-order valence-corrected chi connectivity index (χ0v) is 18.1. The van der Waals surface area contributed by atoms with Crippen LogP contribution in [-0.2, 0) is 0 Å². The Hall–Kier alpha value is -0.280. The highest BCUT2D eigenvalue weighted by molar-refractivity contribution is 9.13. The van der Waals surface area contributed by atoms with Crippen LogP contribution in [0.15, 0.2) is 59.4 Å². The largest absolute Gasteiger partial charge is 0.375 e. The second kappa shape index (κ2) is 8.01. The zero-order valence-electron chi connectivity index (χ0n) is 10.9. The molecule has 0 saturated heterocycles. The van der Waals surface area contributed by atoms with E-state index in [0.717, 1.165) is 34.7 Å². The second-order valence-corrected chi connectivity index (χ2v) is 8.20. The lowest BCUT2D eigenvalue weighted by Gasteiger charge is -2.10. The summed E-state index contributed by atoms with van der Waals surface area (Å²) < 4.78 is 3.78. The summed E-state index contributed by atoms with van der Waals surface area (Å²) in [4.78, 5) is 0. The molecule has 0 fully saturated rings. The lowest BCUT2D eigenvalue weighted by atomic mass is 10.0. The van der Waals surface area contributed by atoms with Crippen molar-refractivity contribution in [3.63, 3.8) is 0 Å². The standard InChI is InChI=1S/C14H9Br4N3S/c15-9-3-8(4-10(16)6-9)13(20-21-14(19)22)7-1-2-11(17)12(18)5-7/h1-6H,(H3,19,21,22)/b20-13+. The van der Waals surface area contributed by atoms with E-state index in [0.29, 0.717) is 0 Å². The molecule has 0 unspecified atom stereocenters. The van der Waals surface area contributed by atoms with E-state index in [4.69, 9.17) is 18.0 Å². The van der Waals surface area contributed by atoms with Crippen molar-refractivity contribution in [3.05, 3.63) is 65.4 Å². The third-order valence-electron chi connectivity index (χ3n) is 2.61. The first kappa shape index (κ1) is 18.1. The summed E-state index contributed by atoms with van der Waals surface area (Å²) in [6.45, 7) is 0. The van der Waals surface area contributed by atoms with E-state index in [-0.39, 0.29) is 5.11 Å². The van der Waals surface area contributed by atoms with Gasteiger partial charge in [-0.3, -0.25) is 5.43 Å². The average Bonchev–Trinajstić information content (AvgIpc) is 2.41. The van der Waals surface area contributed by atoms with Crippen LogP contribution in [0.1, 0.15) is 11.1 Å². The van der Waals surface area contributed by atoms with Crippen molar-refractivity contribution >= 4 is 86.8 Å². The first-order valence-corrected chi connectivity index (χ1v) is 9.50. The zero-order chi connectivity index (χ0) is 16.3. The van der Waals surface area contributed by atoms with E-state index < -0.39 is 0 Å². The van der Waals surface area contributed by atoms with Gasteiger partial charge in [0.25, 0.3) is 0 Å². The average molecular weight is 571 g/mol. The number of hydrazone groups is 1. The molecule has 0 saturated carbocycles. The van der Waals surface area contributed by atoms with Crippen molar-refractivity contribution in [1.29, 1.82) is 0 Å². The van der Waals surface area contributed by atoms with Gasteiger partial charge < -0.3 is 5.73 Å². The predicted octanol–water partition coefficient (Wildman–Crippen LogP) is 5.32. The molecule has 0 aromatic heterocycles. The molecule has 3 nitrogen and oxygen atoms in total. The first-order valence-electron chi connectivity index (χ1n) is 5.92. The summed E-state index contributed by atoms with van der Waals surface area (Å²) in [6, 6.07) is 11.8. The molecule has 0 atom stereocenters. The van der Waals surface area contributed by atoms with Crippen LogP contribution in [0.25, 0.3) is 0 Å². The molecular formula is C14H9Br4N3S. The van der Waals surface area contributed by atoms with Crippen molar-refractivity contribution in [2.75, 3.05) is 0 Å². The molecule has 0 aliphatic heterocycles. The van der Waals surface area contributed by atoms with Gasteiger partial charge in [0.15, 0.2) is 5.11 Å². The number of hydrogen-bond donors (Lipinski definition) is 2. The lowest BCUT2D eigenvalue weighted by Crippen LogP contribution is -2.26. The third kappa shape index (κ3) is 4.86. The van der Waals surface area contributed by atoms with E-state index >= 15 is 0 Å². The van der Waals surface area contributed by atoms with Crippen LogP contribution in [0.2, 0.25) is 0 Å². The maximum atomic E-state index is 5.49. The van der Waals surface area contributed by atoms with Gasteiger partial charge in [0.1, 0.15) is 0 Å². The minimum Gasteiger partial charge on any atom is -0.375 e. The smallest absolute Gasteiger partial charge is 0.184 e. The van der Waals surface area contributed by atoms with Crippen LogP contribution in [-0.4, -0.2) is 10.8 Å². The van der Waals surface area contributed by atoms with E-state index in [1.54, 1.807) is 0 Å². The molecule has 114 valence electrons. The molecule has 22 heavy (non-hydrogen) atoms. The normalized spacial score (nSPS) is 11.4. The highest BCUT2D eigenvalue weighted by atomic mass is 79.9. The summed E-state index contributed by atoms with van der Waals surface area (Å²) in [5.74, 6) is 0. The first-order chi connectivity index (χ1) is 10.4. The van der Waals surface area contributed by atoms with Gasteiger partial charge in [-0.2, -0.15) is 5.10 Å². The number of nitrogens with two attached hydrogens (primary N) is 1. The topological polar surface area (TPSA) is 50.4 Å². The van der Waals surface area contributed by atoms with E-state index in [1.807, 2.05) is 36.4 Å². The predicted molar refractivity (Wildman–Crippen MR) is 109 cm³/mol. The van der Waals surface area contributed by atoms with Gasteiger partial charge in [0.2, 0.25) is 0 Å². The monoisotopic (exact) mass is 567 g/mol. The van der Waals surface area contributed by atoms with Crippen molar-refractivity contribution in [3.8, 4) is 0 Å². The van der Waals surface area contributed by atoms with Gasteiger partial charge in [0.05, 0.1) is 5.71 Å². The van der Waals surface area contributed by atoms with Gasteiger partial charge in [-0.1, -0.05) is 37.9 Å². The van der Waals surface area contributed by atoms with Gasteiger partial charge in [-0.15, -0.1) is 0 Å². The van der Waals surface area contributed by atoms with E-state index in [9.17, 15) is 0 Å². The van der Waals surface area contributed by atoms with Gasteiger partial charge >= 0.3 is 0 Å². The number of halogens is 4. The highest BCUT2D eigenvalue weighted by Crippen LogP contribution is 2.27. The number of rotatable bonds is 3. The third-order valence-corrected chi connectivity index (χ3v) is 5.49. The molecular weight excluding hydrogens is 562 g/mol. The number of hydrogen-bond acceptors (Lipinski definition) is 2. The van der Waals surface area contributed by atoms with Crippen LogP contribution >= 0.6 is 75.9 Å². The maximum absolute atomic E-state index is 5.49. The second-order valence-electron chi connectivity index (χ2n) is 4.22. The Morgan fingerprint density at radius 3 is 2.09 bits per heavy atom. The lowest BCUT2D eigenvalue weighted by molar-refractivity contribution is 1.03. The molecule has 0 bridgehead atoms. The van der Waals surface area contributed by atoms with Crippen LogP contribution in [0.3, 0.4) is 0 Å². The molecule has 0 amide bonds. The fourth-order valence-electron chi connectivity index (χ4n) is 1.74. The Kier molecular flexibility index (Phi) is 6.58. The fraction of sp³-hybridized carbons (Fsp3) is 0. The quantitative estimate of drug-likeness (QED) is 0.298. The van der Waals surface area contributed by atoms with Crippen molar-refractivity contribution in [1.82, 2.24) is 5.43 Å². The Morgan fingerprint density at radius 1 is 0.909 bits per heavy atom.